The number of ether oxygens (including phenoxy) is 2. The largest absolute Gasteiger partial charge is 0.496 e. The molecule has 2 heterocycles. The molecule has 1 aromatic carbocycles. The van der Waals surface area contributed by atoms with E-state index in [1.165, 1.54) is 0 Å². The standard InChI is InChI=1S/C21H26N4O4/c1-13-11-22-17(14(2)19(13)29-4)12-23-21-24-16-10-15(20(26)27)6-7-18(16)25(21)8-5-9-28-3/h6-7,10-11H,5,8-9,12H2,1-4H3,(H,23,24)(H,26,27). The Labute approximate surface area is 169 Å². The Kier molecular flexibility index (Phi) is 6.33. The smallest absolute Gasteiger partial charge is 0.335 e. The van der Waals surface area contributed by atoms with Gasteiger partial charge in [0.2, 0.25) is 5.95 Å². The number of aromatic carboxylic acids is 1. The molecule has 2 aromatic heterocycles. The topological polar surface area (TPSA) is 98.5 Å². The normalized spacial score (nSPS) is 11.0. The SMILES string of the molecule is COCCCn1c(NCc2ncc(C)c(OC)c2C)nc2cc(C(=O)O)ccc21. The number of carboxylic acids is 1. The summed E-state index contributed by atoms with van der Waals surface area (Å²) in [6, 6.07) is 4.98. The lowest BCUT2D eigenvalue weighted by molar-refractivity contribution is 0.0697. The van der Waals surface area contributed by atoms with Crippen LogP contribution in [0.5, 0.6) is 5.75 Å². The number of aryl methyl sites for hydroxylation is 2. The zero-order valence-corrected chi connectivity index (χ0v) is 17.2. The van der Waals surface area contributed by atoms with Crippen molar-refractivity contribution >= 4 is 23.0 Å². The minimum atomic E-state index is -0.970. The van der Waals surface area contributed by atoms with E-state index in [-0.39, 0.29) is 5.56 Å². The molecule has 0 atom stereocenters. The molecule has 0 saturated carbocycles. The molecule has 0 aliphatic heterocycles. The quantitative estimate of drug-likeness (QED) is 0.533. The summed E-state index contributed by atoms with van der Waals surface area (Å²) in [5.74, 6) is 0.526. The Hall–Kier alpha value is -3.13. The van der Waals surface area contributed by atoms with Gasteiger partial charge in [-0.1, -0.05) is 0 Å². The molecule has 0 amide bonds. The summed E-state index contributed by atoms with van der Waals surface area (Å²) in [6.45, 7) is 5.74. The molecule has 29 heavy (non-hydrogen) atoms. The number of carboxylic acid groups (broad SMARTS) is 1. The number of imidazole rings is 1. The fraction of sp³-hybridized carbons (Fsp3) is 0.381. The van der Waals surface area contributed by atoms with Gasteiger partial charge < -0.3 is 24.5 Å². The molecule has 8 nitrogen and oxygen atoms in total. The highest BCUT2D eigenvalue weighted by Crippen LogP contribution is 2.26. The second kappa shape index (κ2) is 8.91. The Morgan fingerprint density at radius 2 is 2.07 bits per heavy atom. The van der Waals surface area contributed by atoms with Crippen LogP contribution in [0.3, 0.4) is 0 Å². The van der Waals surface area contributed by atoms with Crippen LogP contribution in [0, 0.1) is 13.8 Å². The van der Waals surface area contributed by atoms with E-state index in [2.05, 4.69) is 15.3 Å². The molecule has 0 radical (unpaired) electrons. The zero-order valence-electron chi connectivity index (χ0n) is 17.2. The van der Waals surface area contributed by atoms with E-state index in [0.717, 1.165) is 34.5 Å². The van der Waals surface area contributed by atoms with Gasteiger partial charge in [-0.3, -0.25) is 4.98 Å². The first-order valence-electron chi connectivity index (χ1n) is 9.41. The van der Waals surface area contributed by atoms with E-state index in [4.69, 9.17) is 9.47 Å². The van der Waals surface area contributed by atoms with E-state index >= 15 is 0 Å². The summed E-state index contributed by atoms with van der Waals surface area (Å²) < 4.78 is 12.7. The number of pyridine rings is 1. The highest BCUT2D eigenvalue weighted by Gasteiger charge is 2.15. The van der Waals surface area contributed by atoms with Crippen LogP contribution in [0.4, 0.5) is 5.95 Å². The Bertz CT molecular complexity index is 1030. The molecule has 3 aromatic rings. The van der Waals surface area contributed by atoms with Crippen LogP contribution < -0.4 is 10.1 Å². The van der Waals surface area contributed by atoms with Gasteiger partial charge in [0, 0.05) is 37.6 Å². The van der Waals surface area contributed by atoms with Crippen LogP contribution in [-0.4, -0.2) is 46.4 Å². The van der Waals surface area contributed by atoms with Crippen LogP contribution in [0.25, 0.3) is 11.0 Å². The van der Waals surface area contributed by atoms with Crippen molar-refractivity contribution in [3.8, 4) is 5.75 Å². The van der Waals surface area contributed by atoms with Crippen molar-refractivity contribution in [1.82, 2.24) is 14.5 Å². The first-order valence-corrected chi connectivity index (χ1v) is 9.41. The summed E-state index contributed by atoms with van der Waals surface area (Å²) in [6.07, 6.45) is 2.61. The molecule has 0 unspecified atom stereocenters. The van der Waals surface area contributed by atoms with E-state index in [9.17, 15) is 9.90 Å². The van der Waals surface area contributed by atoms with Gasteiger partial charge in [-0.05, 0) is 38.5 Å². The molecule has 8 heteroatoms. The average molecular weight is 398 g/mol. The fourth-order valence-corrected chi connectivity index (χ4v) is 3.40. The van der Waals surface area contributed by atoms with Crippen LogP contribution in [-0.2, 0) is 17.8 Å². The Morgan fingerprint density at radius 1 is 1.28 bits per heavy atom. The van der Waals surface area contributed by atoms with Crippen molar-refractivity contribution in [1.29, 1.82) is 0 Å². The molecule has 0 saturated heterocycles. The number of carbonyl (C=O) groups is 1. The minimum absolute atomic E-state index is 0.214. The lowest BCUT2D eigenvalue weighted by Gasteiger charge is -2.14. The third-order valence-corrected chi connectivity index (χ3v) is 4.89. The molecular formula is C21H26N4O4. The monoisotopic (exact) mass is 398 g/mol. The number of anilines is 1. The molecule has 0 spiro atoms. The molecule has 0 bridgehead atoms. The summed E-state index contributed by atoms with van der Waals surface area (Å²) in [4.78, 5) is 20.4. The number of methoxy groups -OCH3 is 2. The van der Waals surface area contributed by atoms with Crippen LogP contribution >= 0.6 is 0 Å². The first kappa shape index (κ1) is 20.6. The van der Waals surface area contributed by atoms with E-state index in [0.29, 0.717) is 31.2 Å². The number of rotatable bonds is 9. The summed E-state index contributed by atoms with van der Waals surface area (Å²) in [7, 11) is 3.32. The van der Waals surface area contributed by atoms with Crippen molar-refractivity contribution in [2.75, 3.05) is 26.1 Å². The molecule has 2 N–H and O–H groups in total. The number of aromatic nitrogens is 3. The van der Waals surface area contributed by atoms with Crippen LogP contribution in [0.1, 0.15) is 33.6 Å². The van der Waals surface area contributed by atoms with Crippen molar-refractivity contribution in [2.45, 2.75) is 33.4 Å². The van der Waals surface area contributed by atoms with Crippen molar-refractivity contribution in [2.24, 2.45) is 0 Å². The van der Waals surface area contributed by atoms with Gasteiger partial charge in [0.25, 0.3) is 0 Å². The van der Waals surface area contributed by atoms with E-state index in [1.807, 2.05) is 18.4 Å². The Morgan fingerprint density at radius 3 is 2.76 bits per heavy atom. The number of fused-ring (bicyclic) bond motifs is 1. The van der Waals surface area contributed by atoms with Gasteiger partial charge >= 0.3 is 5.97 Å². The van der Waals surface area contributed by atoms with Gasteiger partial charge in [-0.25, -0.2) is 9.78 Å². The third-order valence-electron chi connectivity index (χ3n) is 4.89. The number of benzene rings is 1. The molecule has 154 valence electrons. The van der Waals surface area contributed by atoms with Crippen molar-refractivity contribution < 1.29 is 19.4 Å². The highest BCUT2D eigenvalue weighted by molar-refractivity contribution is 5.93. The van der Waals surface area contributed by atoms with Gasteiger partial charge in [-0.2, -0.15) is 0 Å². The number of hydrogen-bond donors (Lipinski definition) is 2. The van der Waals surface area contributed by atoms with Crippen LogP contribution in [0.15, 0.2) is 24.4 Å². The summed E-state index contributed by atoms with van der Waals surface area (Å²) >= 11 is 0. The second-order valence-electron chi connectivity index (χ2n) is 6.84. The molecule has 0 fully saturated rings. The molecular weight excluding hydrogens is 372 g/mol. The number of hydrogen-bond acceptors (Lipinski definition) is 6. The average Bonchev–Trinajstić information content (AvgIpc) is 3.04. The van der Waals surface area contributed by atoms with Crippen LogP contribution in [0.2, 0.25) is 0 Å². The molecule has 0 aliphatic rings. The third kappa shape index (κ3) is 4.32. The molecule has 0 aliphatic carbocycles. The predicted molar refractivity (Wildman–Crippen MR) is 111 cm³/mol. The van der Waals surface area contributed by atoms with Gasteiger partial charge in [-0.15, -0.1) is 0 Å². The predicted octanol–water partition coefficient (Wildman–Crippen LogP) is 3.40. The Balaban J connectivity index is 1.92. The zero-order chi connectivity index (χ0) is 21.0. The summed E-state index contributed by atoms with van der Waals surface area (Å²) in [5.41, 5.74) is 4.56. The maximum atomic E-state index is 11.3. The number of nitrogens with zero attached hydrogens (tertiary/aromatic N) is 3. The van der Waals surface area contributed by atoms with Gasteiger partial charge in [0.1, 0.15) is 5.75 Å². The first-order chi connectivity index (χ1) is 14.0. The van der Waals surface area contributed by atoms with E-state index in [1.54, 1.807) is 38.6 Å². The maximum absolute atomic E-state index is 11.3. The van der Waals surface area contributed by atoms with Crippen molar-refractivity contribution in [3.05, 3.63) is 46.8 Å². The summed E-state index contributed by atoms with van der Waals surface area (Å²) in [5, 5.41) is 12.6. The fourth-order valence-electron chi connectivity index (χ4n) is 3.40. The lowest BCUT2D eigenvalue weighted by atomic mass is 10.1. The molecule has 3 rings (SSSR count). The maximum Gasteiger partial charge on any atom is 0.335 e. The minimum Gasteiger partial charge on any atom is -0.496 e. The number of nitrogens with one attached hydrogen (secondary N) is 1. The van der Waals surface area contributed by atoms with Crippen molar-refractivity contribution in [3.63, 3.8) is 0 Å². The second-order valence-corrected chi connectivity index (χ2v) is 6.84. The van der Waals surface area contributed by atoms with Gasteiger partial charge in [0.05, 0.1) is 35.9 Å². The van der Waals surface area contributed by atoms with E-state index < -0.39 is 5.97 Å². The van der Waals surface area contributed by atoms with Gasteiger partial charge in [0.15, 0.2) is 0 Å². The lowest BCUT2D eigenvalue weighted by Crippen LogP contribution is -2.11. The highest BCUT2D eigenvalue weighted by atomic mass is 16.5.